The summed E-state index contributed by atoms with van der Waals surface area (Å²) >= 11 is 5.85. The normalized spacial score (nSPS) is 14.2. The van der Waals surface area contributed by atoms with Gasteiger partial charge < -0.3 is 15.2 Å². The highest BCUT2D eigenvalue weighted by atomic mass is 35.5. The number of rotatable bonds is 5. The second-order valence-electron chi connectivity index (χ2n) is 6.13. The number of carbonyl (C=O) groups excluding carboxylic acids is 1. The number of ether oxygens (including phenoxy) is 1. The highest BCUT2D eigenvalue weighted by Crippen LogP contribution is 2.36. The minimum Gasteiger partial charge on any atom is -0.510 e. The van der Waals surface area contributed by atoms with Crippen LogP contribution in [0.2, 0.25) is 5.02 Å². The van der Waals surface area contributed by atoms with E-state index in [0.717, 1.165) is 18.4 Å². The lowest BCUT2D eigenvalue weighted by Gasteiger charge is -2.11. The molecule has 132 valence electrons. The first-order valence-corrected chi connectivity index (χ1v) is 8.54. The average Bonchev–Trinajstić information content (AvgIpc) is 3.45. The van der Waals surface area contributed by atoms with Crippen LogP contribution in [0.25, 0.3) is 0 Å². The number of nitriles is 1. The van der Waals surface area contributed by atoms with Crippen LogP contribution in [0.4, 0.5) is 5.69 Å². The Morgan fingerprint density at radius 3 is 2.46 bits per heavy atom. The number of hydrogen-bond acceptors (Lipinski definition) is 4. The van der Waals surface area contributed by atoms with E-state index < -0.39 is 5.91 Å². The van der Waals surface area contributed by atoms with Crippen LogP contribution in [0.15, 0.2) is 53.8 Å². The molecular weight excluding hydrogens is 352 g/mol. The molecule has 0 radical (unpaired) electrons. The molecule has 0 bridgehead atoms. The number of halogens is 1. The Labute approximate surface area is 156 Å². The summed E-state index contributed by atoms with van der Waals surface area (Å²) in [6.07, 6.45) is 1.61. The molecule has 1 aliphatic carbocycles. The van der Waals surface area contributed by atoms with Crippen molar-refractivity contribution >= 4 is 23.2 Å². The predicted octanol–water partition coefficient (Wildman–Crippen LogP) is 5.12. The lowest BCUT2D eigenvalue weighted by atomic mass is 10.1. The second kappa shape index (κ2) is 7.51. The number of carbonyl (C=O) groups is 1. The van der Waals surface area contributed by atoms with Crippen LogP contribution in [0, 0.1) is 24.2 Å². The number of aliphatic hydroxyl groups excluding tert-OH is 1. The standard InChI is InChI=1S/C20H17ClN2O3/c1-12-10-16(26-15-6-4-14(21)5-7-15)8-9-18(12)23-20(25)17(11-22)19(24)13-2-3-13/h4-10,13,24H,2-3H2,1H3,(H,23,25)/b19-17-. The second-order valence-corrected chi connectivity index (χ2v) is 6.57. The molecule has 2 aromatic rings. The zero-order valence-electron chi connectivity index (χ0n) is 14.1. The molecule has 6 heteroatoms. The van der Waals surface area contributed by atoms with Crippen LogP contribution in [-0.2, 0) is 4.79 Å². The fourth-order valence-electron chi connectivity index (χ4n) is 2.45. The molecule has 5 nitrogen and oxygen atoms in total. The van der Waals surface area contributed by atoms with Gasteiger partial charge in [0.05, 0.1) is 0 Å². The van der Waals surface area contributed by atoms with Gasteiger partial charge in [0, 0.05) is 16.6 Å². The molecule has 0 atom stereocenters. The van der Waals surface area contributed by atoms with Crippen molar-refractivity contribution in [2.75, 3.05) is 5.32 Å². The van der Waals surface area contributed by atoms with E-state index in [2.05, 4.69) is 5.32 Å². The molecule has 2 N–H and O–H groups in total. The zero-order valence-corrected chi connectivity index (χ0v) is 14.9. The van der Waals surface area contributed by atoms with Crippen molar-refractivity contribution in [1.82, 2.24) is 0 Å². The van der Waals surface area contributed by atoms with Gasteiger partial charge in [-0.05, 0) is 67.8 Å². The molecule has 0 spiro atoms. The number of amides is 1. The molecule has 1 amide bonds. The largest absolute Gasteiger partial charge is 0.510 e. The van der Waals surface area contributed by atoms with Gasteiger partial charge in [-0.25, -0.2) is 0 Å². The van der Waals surface area contributed by atoms with E-state index in [-0.39, 0.29) is 17.3 Å². The van der Waals surface area contributed by atoms with E-state index in [1.165, 1.54) is 0 Å². The van der Waals surface area contributed by atoms with Gasteiger partial charge in [0.15, 0.2) is 5.57 Å². The van der Waals surface area contributed by atoms with Gasteiger partial charge in [-0.3, -0.25) is 4.79 Å². The van der Waals surface area contributed by atoms with Crippen LogP contribution in [0.1, 0.15) is 18.4 Å². The van der Waals surface area contributed by atoms with Crippen LogP contribution < -0.4 is 10.1 Å². The molecule has 3 rings (SSSR count). The maximum Gasteiger partial charge on any atom is 0.269 e. The maximum atomic E-state index is 12.3. The number of hydrogen-bond donors (Lipinski definition) is 2. The first-order valence-electron chi connectivity index (χ1n) is 8.16. The monoisotopic (exact) mass is 368 g/mol. The topological polar surface area (TPSA) is 82.3 Å². The van der Waals surface area contributed by atoms with Gasteiger partial charge in [0.1, 0.15) is 23.3 Å². The van der Waals surface area contributed by atoms with Gasteiger partial charge in [0.2, 0.25) is 0 Å². The van der Waals surface area contributed by atoms with Gasteiger partial charge in [-0.15, -0.1) is 0 Å². The van der Waals surface area contributed by atoms with Crippen LogP contribution in [0.5, 0.6) is 11.5 Å². The first kappa shape index (κ1) is 17.8. The summed E-state index contributed by atoms with van der Waals surface area (Å²) in [6, 6.07) is 14.0. The molecular formula is C20H17ClN2O3. The number of nitrogens with one attached hydrogen (secondary N) is 1. The number of aliphatic hydroxyl groups is 1. The summed E-state index contributed by atoms with van der Waals surface area (Å²) in [5.41, 5.74) is 1.09. The summed E-state index contributed by atoms with van der Waals surface area (Å²) < 4.78 is 5.75. The van der Waals surface area contributed by atoms with E-state index in [0.29, 0.717) is 22.2 Å². The molecule has 0 heterocycles. The van der Waals surface area contributed by atoms with Crippen molar-refractivity contribution in [2.24, 2.45) is 5.92 Å². The van der Waals surface area contributed by atoms with E-state index in [1.807, 2.05) is 6.92 Å². The Kier molecular flexibility index (Phi) is 5.15. The van der Waals surface area contributed by atoms with Crippen molar-refractivity contribution in [1.29, 1.82) is 5.26 Å². The van der Waals surface area contributed by atoms with Crippen molar-refractivity contribution < 1.29 is 14.6 Å². The maximum absolute atomic E-state index is 12.3. The number of benzene rings is 2. The molecule has 1 aliphatic rings. The fraction of sp³-hybridized carbons (Fsp3) is 0.200. The van der Waals surface area contributed by atoms with Gasteiger partial charge >= 0.3 is 0 Å². The molecule has 1 fully saturated rings. The molecule has 26 heavy (non-hydrogen) atoms. The predicted molar refractivity (Wildman–Crippen MR) is 99.3 cm³/mol. The summed E-state index contributed by atoms with van der Waals surface area (Å²) in [7, 11) is 0. The van der Waals surface area contributed by atoms with Crippen LogP contribution in [-0.4, -0.2) is 11.0 Å². The lowest BCUT2D eigenvalue weighted by Crippen LogP contribution is -2.16. The van der Waals surface area contributed by atoms with Crippen LogP contribution in [0.3, 0.4) is 0 Å². The Balaban J connectivity index is 1.73. The molecule has 2 aromatic carbocycles. The Hall–Kier alpha value is -2.97. The Bertz CT molecular complexity index is 910. The number of aryl methyl sites for hydroxylation is 1. The molecule has 0 aromatic heterocycles. The van der Waals surface area contributed by atoms with Gasteiger partial charge in [-0.2, -0.15) is 5.26 Å². The molecule has 1 saturated carbocycles. The van der Waals surface area contributed by atoms with Gasteiger partial charge in [0.25, 0.3) is 5.91 Å². The highest BCUT2D eigenvalue weighted by molar-refractivity contribution is 6.30. The molecule has 0 aliphatic heterocycles. The third kappa shape index (κ3) is 4.16. The molecule has 0 unspecified atom stereocenters. The summed E-state index contributed by atoms with van der Waals surface area (Å²) in [4.78, 5) is 12.3. The molecule has 0 saturated heterocycles. The van der Waals surface area contributed by atoms with Crippen molar-refractivity contribution in [3.8, 4) is 17.6 Å². The third-order valence-corrected chi connectivity index (χ3v) is 4.31. The summed E-state index contributed by atoms with van der Waals surface area (Å²) in [6.45, 7) is 1.82. The SMILES string of the molecule is Cc1cc(Oc2ccc(Cl)cc2)ccc1NC(=O)/C(C#N)=C(\O)C1CC1. The van der Waals surface area contributed by atoms with E-state index in [9.17, 15) is 9.90 Å². The van der Waals surface area contributed by atoms with Crippen molar-refractivity contribution in [3.05, 3.63) is 64.4 Å². The fourth-order valence-corrected chi connectivity index (χ4v) is 2.57. The van der Waals surface area contributed by atoms with E-state index in [1.54, 1.807) is 48.5 Å². The number of nitrogens with zero attached hydrogens (tertiary/aromatic N) is 1. The zero-order chi connectivity index (χ0) is 18.7. The quantitative estimate of drug-likeness (QED) is 0.435. The Morgan fingerprint density at radius 1 is 1.23 bits per heavy atom. The number of allylic oxidation sites excluding steroid dienone is 1. The smallest absolute Gasteiger partial charge is 0.269 e. The van der Waals surface area contributed by atoms with E-state index >= 15 is 0 Å². The highest BCUT2D eigenvalue weighted by Gasteiger charge is 2.31. The minimum atomic E-state index is -0.605. The number of anilines is 1. The van der Waals surface area contributed by atoms with Crippen molar-refractivity contribution in [2.45, 2.75) is 19.8 Å². The van der Waals surface area contributed by atoms with Crippen molar-refractivity contribution in [3.63, 3.8) is 0 Å². The minimum absolute atomic E-state index is 0.0633. The van der Waals surface area contributed by atoms with Crippen LogP contribution >= 0.6 is 11.6 Å². The summed E-state index contributed by atoms with van der Waals surface area (Å²) in [5.74, 6) is 0.470. The third-order valence-electron chi connectivity index (χ3n) is 4.05. The lowest BCUT2D eigenvalue weighted by molar-refractivity contribution is -0.112. The Morgan fingerprint density at radius 2 is 1.88 bits per heavy atom. The first-order chi connectivity index (χ1) is 12.5. The average molecular weight is 369 g/mol. The van der Waals surface area contributed by atoms with E-state index in [4.69, 9.17) is 21.6 Å². The summed E-state index contributed by atoms with van der Waals surface area (Å²) in [5, 5.41) is 22.4. The van der Waals surface area contributed by atoms with Gasteiger partial charge in [-0.1, -0.05) is 11.6 Å².